The van der Waals surface area contributed by atoms with E-state index in [0.717, 1.165) is 22.0 Å². The van der Waals surface area contributed by atoms with E-state index in [4.69, 9.17) is 5.11 Å². The summed E-state index contributed by atoms with van der Waals surface area (Å²) >= 11 is 1.52. The van der Waals surface area contributed by atoms with E-state index in [0.29, 0.717) is 32.0 Å². The lowest BCUT2D eigenvalue weighted by Gasteiger charge is -2.23. The Morgan fingerprint density at radius 3 is 2.90 bits per heavy atom. The van der Waals surface area contributed by atoms with Crippen LogP contribution in [0.1, 0.15) is 29.4 Å². The Morgan fingerprint density at radius 2 is 2.24 bits per heavy atom. The van der Waals surface area contributed by atoms with E-state index < -0.39 is 5.97 Å². The molecule has 0 bridgehead atoms. The van der Waals surface area contributed by atoms with Gasteiger partial charge in [-0.2, -0.15) is 0 Å². The van der Waals surface area contributed by atoms with Crippen LogP contribution in [0.5, 0.6) is 0 Å². The molecule has 2 N–H and O–H groups in total. The van der Waals surface area contributed by atoms with E-state index in [1.54, 1.807) is 0 Å². The number of hydrogen-bond acceptors (Lipinski definition) is 5. The molecule has 2 rings (SSSR count). The first-order chi connectivity index (χ1) is 9.94. The molecule has 0 aromatic carbocycles. The Balaban J connectivity index is 1.92. The number of hydrogen-bond donors (Lipinski definition) is 2. The number of thiazole rings is 1. The van der Waals surface area contributed by atoms with Crippen LogP contribution in [0.2, 0.25) is 0 Å². The van der Waals surface area contributed by atoms with Gasteiger partial charge in [0.2, 0.25) is 5.91 Å². The summed E-state index contributed by atoms with van der Waals surface area (Å²) in [5.74, 6) is -0.378. The molecule has 6 nitrogen and oxygen atoms in total. The maximum atomic E-state index is 11.8. The smallest absolute Gasteiger partial charge is 0.317 e. The van der Waals surface area contributed by atoms with E-state index in [-0.39, 0.29) is 12.5 Å². The van der Waals surface area contributed by atoms with E-state index in [1.807, 2.05) is 4.90 Å². The van der Waals surface area contributed by atoms with Gasteiger partial charge in [-0.1, -0.05) is 13.8 Å². The van der Waals surface area contributed by atoms with Gasteiger partial charge in [-0.15, -0.1) is 11.3 Å². The highest BCUT2D eigenvalue weighted by Gasteiger charge is 2.22. The number of aliphatic carboxylic acids is 1. The van der Waals surface area contributed by atoms with Gasteiger partial charge in [-0.3, -0.25) is 14.5 Å². The van der Waals surface area contributed by atoms with Crippen LogP contribution >= 0.6 is 11.3 Å². The topological polar surface area (TPSA) is 82.5 Å². The summed E-state index contributed by atoms with van der Waals surface area (Å²) in [5, 5.41) is 12.5. The van der Waals surface area contributed by atoms with Crippen molar-refractivity contribution in [3.8, 4) is 0 Å². The molecule has 0 fully saturated rings. The van der Waals surface area contributed by atoms with Crippen LogP contribution in [-0.4, -0.2) is 46.5 Å². The lowest BCUT2D eigenvalue weighted by atomic mass is 10.2. The lowest BCUT2D eigenvalue weighted by molar-refractivity contribution is -0.138. The Hall–Kier alpha value is -1.47. The molecule has 1 aromatic rings. The molecule has 1 aliphatic rings. The molecule has 0 spiro atoms. The van der Waals surface area contributed by atoms with Crippen molar-refractivity contribution in [3.63, 3.8) is 0 Å². The van der Waals surface area contributed by atoms with Gasteiger partial charge in [0.05, 0.1) is 18.7 Å². The van der Waals surface area contributed by atoms with E-state index in [2.05, 4.69) is 24.1 Å². The second-order valence-corrected chi connectivity index (χ2v) is 6.87. The fourth-order valence-electron chi connectivity index (χ4n) is 2.22. The van der Waals surface area contributed by atoms with E-state index in [9.17, 15) is 9.59 Å². The fraction of sp³-hybridized carbons (Fsp3) is 0.643. The second kappa shape index (κ2) is 7.00. The predicted octanol–water partition coefficient (Wildman–Crippen LogP) is 0.900. The highest BCUT2D eigenvalue weighted by molar-refractivity contribution is 7.11. The summed E-state index contributed by atoms with van der Waals surface area (Å²) in [6.07, 6.45) is 1.07. The maximum Gasteiger partial charge on any atom is 0.317 e. The summed E-state index contributed by atoms with van der Waals surface area (Å²) < 4.78 is 0. The SMILES string of the molecule is CC(C)CNC(=O)Cc1nc2c(s1)CN(CC(=O)O)CC2. The average Bonchev–Trinajstić information content (AvgIpc) is 2.77. The number of carboxylic acid groups (broad SMARTS) is 1. The number of rotatable bonds is 6. The summed E-state index contributed by atoms with van der Waals surface area (Å²) in [4.78, 5) is 30.1. The molecule has 0 unspecified atom stereocenters. The molecule has 1 amide bonds. The van der Waals surface area contributed by atoms with Crippen molar-refractivity contribution in [2.75, 3.05) is 19.6 Å². The van der Waals surface area contributed by atoms with Crippen molar-refractivity contribution in [3.05, 3.63) is 15.6 Å². The third-order valence-corrected chi connectivity index (χ3v) is 4.32. The quantitative estimate of drug-likeness (QED) is 0.815. The second-order valence-electron chi connectivity index (χ2n) is 5.71. The van der Waals surface area contributed by atoms with Crippen LogP contribution in [0.25, 0.3) is 0 Å². The van der Waals surface area contributed by atoms with E-state index in [1.165, 1.54) is 11.3 Å². The molecule has 0 atom stereocenters. The summed E-state index contributed by atoms with van der Waals surface area (Å²) in [6.45, 7) is 6.17. The molecule has 1 aliphatic heterocycles. The first-order valence-electron chi connectivity index (χ1n) is 7.12. The number of carboxylic acids is 1. The minimum Gasteiger partial charge on any atom is -0.480 e. The zero-order chi connectivity index (χ0) is 15.4. The molecule has 0 aliphatic carbocycles. The minimum absolute atomic E-state index is 0.00260. The fourth-order valence-corrected chi connectivity index (χ4v) is 3.38. The van der Waals surface area contributed by atoms with Gasteiger partial charge < -0.3 is 10.4 Å². The van der Waals surface area contributed by atoms with Crippen molar-refractivity contribution in [2.24, 2.45) is 5.92 Å². The third-order valence-electron chi connectivity index (χ3n) is 3.23. The highest BCUT2D eigenvalue weighted by Crippen LogP contribution is 2.25. The third kappa shape index (κ3) is 4.78. The van der Waals surface area contributed by atoms with Crippen LogP contribution in [-0.2, 0) is 29.0 Å². The number of aromatic nitrogens is 1. The van der Waals surface area contributed by atoms with Gasteiger partial charge in [-0.25, -0.2) is 4.98 Å². The number of nitrogens with one attached hydrogen (secondary N) is 1. The zero-order valence-electron chi connectivity index (χ0n) is 12.4. The normalized spacial score (nSPS) is 15.0. The Morgan fingerprint density at radius 1 is 1.48 bits per heavy atom. The van der Waals surface area contributed by atoms with Crippen molar-refractivity contribution >= 4 is 23.2 Å². The standard InChI is InChI=1S/C14H21N3O3S/c1-9(2)6-15-12(18)5-13-16-10-3-4-17(8-14(19)20)7-11(10)21-13/h9H,3-8H2,1-2H3,(H,15,18)(H,19,20). The van der Waals surface area contributed by atoms with Crippen molar-refractivity contribution in [2.45, 2.75) is 33.2 Å². The van der Waals surface area contributed by atoms with Crippen molar-refractivity contribution in [1.82, 2.24) is 15.2 Å². The van der Waals surface area contributed by atoms with Crippen molar-refractivity contribution in [1.29, 1.82) is 0 Å². The molecule has 0 saturated heterocycles. The molecule has 7 heteroatoms. The van der Waals surface area contributed by atoms with Gasteiger partial charge in [0, 0.05) is 30.9 Å². The largest absolute Gasteiger partial charge is 0.480 e. The average molecular weight is 311 g/mol. The first-order valence-corrected chi connectivity index (χ1v) is 7.94. The molecule has 116 valence electrons. The summed E-state index contributed by atoms with van der Waals surface area (Å²) in [7, 11) is 0. The highest BCUT2D eigenvalue weighted by atomic mass is 32.1. The number of carbonyl (C=O) groups is 2. The number of nitrogens with zero attached hydrogens (tertiary/aromatic N) is 2. The molecule has 1 aromatic heterocycles. The Bertz CT molecular complexity index is 528. The first kappa shape index (κ1) is 15.9. The van der Waals surface area contributed by atoms with Crippen LogP contribution in [0.15, 0.2) is 0 Å². The number of fused-ring (bicyclic) bond motifs is 1. The predicted molar refractivity (Wildman–Crippen MR) is 80.3 cm³/mol. The van der Waals surface area contributed by atoms with Gasteiger partial charge in [0.1, 0.15) is 5.01 Å². The van der Waals surface area contributed by atoms with Gasteiger partial charge >= 0.3 is 5.97 Å². The monoisotopic (exact) mass is 311 g/mol. The van der Waals surface area contributed by atoms with Crippen LogP contribution in [0.3, 0.4) is 0 Å². The van der Waals surface area contributed by atoms with Gasteiger partial charge in [0.15, 0.2) is 0 Å². The minimum atomic E-state index is -0.809. The molecule has 0 saturated carbocycles. The van der Waals surface area contributed by atoms with Gasteiger partial charge in [0.25, 0.3) is 0 Å². The Labute approximate surface area is 128 Å². The van der Waals surface area contributed by atoms with Crippen LogP contribution < -0.4 is 5.32 Å². The lowest BCUT2D eigenvalue weighted by Crippen LogP contribution is -2.34. The molecular weight excluding hydrogens is 290 g/mol. The maximum absolute atomic E-state index is 11.8. The number of amides is 1. The molecule has 0 radical (unpaired) electrons. The molecular formula is C14H21N3O3S. The van der Waals surface area contributed by atoms with Gasteiger partial charge in [-0.05, 0) is 5.92 Å². The number of carbonyl (C=O) groups excluding carboxylic acids is 1. The Kier molecular flexibility index (Phi) is 5.30. The summed E-state index contributed by atoms with van der Waals surface area (Å²) in [6, 6.07) is 0. The zero-order valence-corrected chi connectivity index (χ0v) is 13.2. The summed E-state index contributed by atoms with van der Waals surface area (Å²) in [5.41, 5.74) is 1.02. The van der Waals surface area contributed by atoms with Crippen molar-refractivity contribution < 1.29 is 14.7 Å². The van der Waals surface area contributed by atoms with Crippen LogP contribution in [0, 0.1) is 5.92 Å². The molecule has 2 heterocycles. The van der Waals surface area contributed by atoms with E-state index >= 15 is 0 Å². The van der Waals surface area contributed by atoms with Crippen LogP contribution in [0.4, 0.5) is 0 Å². The molecule has 21 heavy (non-hydrogen) atoms.